The zero-order chi connectivity index (χ0) is 9.84. The van der Waals surface area contributed by atoms with Gasteiger partial charge in [-0.15, -0.1) is 6.58 Å². The number of hydrazine groups is 1. The molecule has 1 heterocycles. The second kappa shape index (κ2) is 4.25. The molecule has 13 heavy (non-hydrogen) atoms. The predicted octanol–water partition coefficient (Wildman–Crippen LogP) is 2.06. The normalized spacial score (nSPS) is 12.8. The number of rotatable bonds is 4. The molecule has 0 spiro atoms. The van der Waals surface area contributed by atoms with E-state index < -0.39 is 0 Å². The minimum absolute atomic E-state index is 0.108. The van der Waals surface area contributed by atoms with Crippen molar-refractivity contribution in [3.05, 3.63) is 35.8 Å². The molecular formula is C10H16N2O. The summed E-state index contributed by atoms with van der Waals surface area (Å²) in [6.45, 7) is 7.77. The van der Waals surface area contributed by atoms with Crippen LogP contribution >= 0.6 is 0 Å². The lowest BCUT2D eigenvalue weighted by atomic mass is 10.0. The Morgan fingerprint density at radius 1 is 1.77 bits per heavy atom. The summed E-state index contributed by atoms with van der Waals surface area (Å²) in [6.07, 6.45) is 2.50. The third kappa shape index (κ3) is 2.44. The summed E-state index contributed by atoms with van der Waals surface area (Å²) in [5, 5.41) is 0. The van der Waals surface area contributed by atoms with Crippen molar-refractivity contribution >= 4 is 0 Å². The Balaban J connectivity index is 2.78. The van der Waals surface area contributed by atoms with Crippen molar-refractivity contribution in [2.24, 2.45) is 5.84 Å². The highest BCUT2D eigenvalue weighted by molar-refractivity contribution is 5.21. The van der Waals surface area contributed by atoms with Gasteiger partial charge in [-0.1, -0.05) is 5.57 Å². The van der Waals surface area contributed by atoms with Crippen molar-refractivity contribution in [3.63, 3.8) is 0 Å². The van der Waals surface area contributed by atoms with Gasteiger partial charge in [0.25, 0.3) is 0 Å². The third-order valence-corrected chi connectivity index (χ3v) is 2.03. The molecule has 1 rings (SSSR count). The van der Waals surface area contributed by atoms with Crippen molar-refractivity contribution in [1.29, 1.82) is 0 Å². The van der Waals surface area contributed by atoms with Gasteiger partial charge < -0.3 is 4.42 Å². The van der Waals surface area contributed by atoms with Gasteiger partial charge in [0.05, 0.1) is 12.3 Å². The largest absolute Gasteiger partial charge is 0.469 e. The van der Waals surface area contributed by atoms with Gasteiger partial charge in [-0.25, -0.2) is 0 Å². The molecule has 0 fully saturated rings. The predicted molar refractivity (Wildman–Crippen MR) is 52.9 cm³/mol. The summed E-state index contributed by atoms with van der Waals surface area (Å²) in [5.74, 6) is 6.36. The molecular weight excluding hydrogens is 164 g/mol. The first-order valence-electron chi connectivity index (χ1n) is 4.29. The van der Waals surface area contributed by atoms with Gasteiger partial charge in [-0.3, -0.25) is 11.3 Å². The van der Waals surface area contributed by atoms with Crippen LogP contribution in [0, 0.1) is 6.92 Å². The molecule has 3 nitrogen and oxygen atoms in total. The van der Waals surface area contributed by atoms with Gasteiger partial charge in [0.1, 0.15) is 5.76 Å². The zero-order valence-corrected chi connectivity index (χ0v) is 8.13. The number of aryl methyl sites for hydroxylation is 1. The van der Waals surface area contributed by atoms with Crippen LogP contribution in [0.1, 0.15) is 30.7 Å². The zero-order valence-electron chi connectivity index (χ0n) is 8.13. The van der Waals surface area contributed by atoms with Crippen LogP contribution in [-0.4, -0.2) is 0 Å². The molecule has 1 unspecified atom stereocenters. The topological polar surface area (TPSA) is 51.2 Å². The number of nitrogens with two attached hydrogens (primary N) is 1. The van der Waals surface area contributed by atoms with E-state index in [1.165, 1.54) is 0 Å². The Morgan fingerprint density at radius 2 is 2.46 bits per heavy atom. The van der Waals surface area contributed by atoms with E-state index in [1.54, 1.807) is 6.26 Å². The van der Waals surface area contributed by atoms with Crippen molar-refractivity contribution < 1.29 is 4.42 Å². The lowest BCUT2D eigenvalue weighted by Crippen LogP contribution is -2.28. The molecule has 0 aromatic carbocycles. The van der Waals surface area contributed by atoms with E-state index in [0.717, 1.165) is 23.3 Å². The first-order valence-corrected chi connectivity index (χ1v) is 4.29. The third-order valence-electron chi connectivity index (χ3n) is 2.03. The molecule has 72 valence electrons. The van der Waals surface area contributed by atoms with Crippen molar-refractivity contribution in [2.75, 3.05) is 0 Å². The SMILES string of the molecule is C=C(C)CC(NN)c1ccoc1C. The van der Waals surface area contributed by atoms with E-state index in [-0.39, 0.29) is 6.04 Å². The van der Waals surface area contributed by atoms with Crippen LogP contribution in [0.3, 0.4) is 0 Å². The molecule has 0 radical (unpaired) electrons. The Kier molecular flexibility index (Phi) is 3.28. The van der Waals surface area contributed by atoms with Gasteiger partial charge in [-0.05, 0) is 26.3 Å². The Bertz CT molecular complexity index is 291. The second-order valence-electron chi connectivity index (χ2n) is 3.31. The maximum atomic E-state index is 5.45. The van der Waals surface area contributed by atoms with Crippen LogP contribution in [0.5, 0.6) is 0 Å². The number of nitrogens with one attached hydrogen (secondary N) is 1. The molecule has 0 aliphatic heterocycles. The monoisotopic (exact) mass is 180 g/mol. The van der Waals surface area contributed by atoms with Gasteiger partial charge in [0, 0.05) is 5.56 Å². The fourth-order valence-electron chi connectivity index (χ4n) is 1.36. The van der Waals surface area contributed by atoms with Crippen molar-refractivity contribution in [2.45, 2.75) is 26.3 Å². The van der Waals surface area contributed by atoms with E-state index in [9.17, 15) is 0 Å². The maximum Gasteiger partial charge on any atom is 0.105 e. The van der Waals surface area contributed by atoms with Gasteiger partial charge in [0.2, 0.25) is 0 Å². The fraction of sp³-hybridized carbons (Fsp3) is 0.400. The van der Waals surface area contributed by atoms with Crippen LogP contribution in [0.25, 0.3) is 0 Å². The standard InChI is InChI=1S/C10H16N2O/c1-7(2)6-10(12-11)9-4-5-13-8(9)3/h4-5,10,12H,1,6,11H2,2-3H3. The quantitative estimate of drug-likeness (QED) is 0.423. The first-order chi connectivity index (χ1) is 6.15. The lowest BCUT2D eigenvalue weighted by Gasteiger charge is -2.14. The van der Waals surface area contributed by atoms with E-state index >= 15 is 0 Å². The molecule has 0 amide bonds. The first kappa shape index (κ1) is 10.0. The average molecular weight is 180 g/mol. The maximum absolute atomic E-state index is 5.45. The summed E-state index contributed by atoms with van der Waals surface area (Å²) in [6, 6.07) is 2.04. The molecule has 1 atom stereocenters. The van der Waals surface area contributed by atoms with Crippen molar-refractivity contribution in [1.82, 2.24) is 5.43 Å². The Hall–Kier alpha value is -1.06. The lowest BCUT2D eigenvalue weighted by molar-refractivity contribution is 0.501. The fourth-order valence-corrected chi connectivity index (χ4v) is 1.36. The highest BCUT2D eigenvalue weighted by atomic mass is 16.3. The van der Waals surface area contributed by atoms with Crippen LogP contribution in [0.15, 0.2) is 28.9 Å². The summed E-state index contributed by atoms with van der Waals surface area (Å²) >= 11 is 0. The molecule has 0 aliphatic carbocycles. The average Bonchev–Trinajstić information content (AvgIpc) is 2.47. The smallest absolute Gasteiger partial charge is 0.105 e. The molecule has 0 saturated heterocycles. The highest BCUT2D eigenvalue weighted by Crippen LogP contribution is 2.23. The minimum Gasteiger partial charge on any atom is -0.469 e. The molecule has 3 N–H and O–H groups in total. The van der Waals surface area contributed by atoms with Crippen LogP contribution in [0.4, 0.5) is 0 Å². The molecule has 1 aromatic rings. The van der Waals surface area contributed by atoms with Gasteiger partial charge in [-0.2, -0.15) is 0 Å². The molecule has 3 heteroatoms. The summed E-state index contributed by atoms with van der Waals surface area (Å²) in [5.41, 5.74) is 4.96. The van der Waals surface area contributed by atoms with E-state index in [4.69, 9.17) is 10.3 Å². The van der Waals surface area contributed by atoms with Crippen LogP contribution in [0.2, 0.25) is 0 Å². The molecule has 0 saturated carbocycles. The Labute approximate surface area is 78.6 Å². The highest BCUT2D eigenvalue weighted by Gasteiger charge is 2.13. The van der Waals surface area contributed by atoms with Crippen LogP contribution in [-0.2, 0) is 0 Å². The second-order valence-corrected chi connectivity index (χ2v) is 3.31. The summed E-state index contributed by atoms with van der Waals surface area (Å²) in [4.78, 5) is 0. The molecule has 1 aromatic heterocycles. The van der Waals surface area contributed by atoms with Gasteiger partial charge >= 0.3 is 0 Å². The molecule has 0 aliphatic rings. The van der Waals surface area contributed by atoms with Gasteiger partial charge in [0.15, 0.2) is 0 Å². The van der Waals surface area contributed by atoms with E-state index in [2.05, 4.69) is 12.0 Å². The number of hydrogen-bond acceptors (Lipinski definition) is 3. The van der Waals surface area contributed by atoms with E-state index in [0.29, 0.717) is 0 Å². The van der Waals surface area contributed by atoms with Crippen molar-refractivity contribution in [3.8, 4) is 0 Å². The summed E-state index contributed by atoms with van der Waals surface area (Å²) in [7, 11) is 0. The number of furan rings is 1. The Morgan fingerprint density at radius 3 is 2.85 bits per heavy atom. The minimum atomic E-state index is 0.108. The molecule has 0 bridgehead atoms. The summed E-state index contributed by atoms with van der Waals surface area (Å²) < 4.78 is 5.20. The number of hydrogen-bond donors (Lipinski definition) is 2. The van der Waals surface area contributed by atoms with Crippen LogP contribution < -0.4 is 11.3 Å². The van der Waals surface area contributed by atoms with E-state index in [1.807, 2.05) is 19.9 Å².